The van der Waals surface area contributed by atoms with E-state index in [1.807, 2.05) is 0 Å². The second-order valence-electron chi connectivity index (χ2n) is 8.04. The Balaban J connectivity index is 1.76. The Hall–Kier alpha value is -4.40. The Morgan fingerprint density at radius 1 is 0.914 bits per heavy atom. The van der Waals surface area contributed by atoms with Crippen LogP contribution in [0.25, 0.3) is 0 Å². The topological polar surface area (TPSA) is 104 Å². The maximum atomic E-state index is 14.0. The highest BCUT2D eigenvalue weighted by molar-refractivity contribution is 6.11. The number of carboxylic acids is 1. The molecule has 5 rings (SSSR count). The molecule has 0 bridgehead atoms. The molecule has 2 aliphatic rings. The monoisotopic (exact) mass is 477 g/mol. The summed E-state index contributed by atoms with van der Waals surface area (Å²) in [4.78, 5) is 28.3. The zero-order valence-corrected chi connectivity index (χ0v) is 19.3. The van der Waals surface area contributed by atoms with Crippen LogP contribution in [0.1, 0.15) is 33.4 Å². The van der Waals surface area contributed by atoms with E-state index in [9.17, 15) is 14.7 Å². The van der Waals surface area contributed by atoms with E-state index in [0.29, 0.717) is 45.6 Å². The standard InChI is InChI=1S/C26H23NO8/c1-31-16-7-5-15(6-8-16)27-24(14-4-9-19-22(10-14)35-13-34-19)23(26(29)30)17-11-20(32-2)21(33-3)12-18(17)25(27)28/h4-12,23-24H,13H2,1-3H3,(H,29,30)/t23-,24-/m1/s1. The molecule has 2 aliphatic heterocycles. The van der Waals surface area contributed by atoms with Crippen LogP contribution in [-0.4, -0.2) is 45.1 Å². The van der Waals surface area contributed by atoms with Gasteiger partial charge in [-0.15, -0.1) is 0 Å². The van der Waals surface area contributed by atoms with E-state index in [4.69, 9.17) is 23.7 Å². The van der Waals surface area contributed by atoms with Crippen molar-refractivity contribution in [3.8, 4) is 28.7 Å². The highest BCUT2D eigenvalue weighted by atomic mass is 16.7. The molecule has 0 spiro atoms. The van der Waals surface area contributed by atoms with Crippen LogP contribution >= 0.6 is 0 Å². The maximum absolute atomic E-state index is 14.0. The predicted molar refractivity (Wildman–Crippen MR) is 125 cm³/mol. The van der Waals surface area contributed by atoms with Crippen molar-refractivity contribution in [2.45, 2.75) is 12.0 Å². The number of aliphatic carboxylic acids is 1. The molecule has 0 fully saturated rings. The van der Waals surface area contributed by atoms with Crippen LogP contribution in [0.5, 0.6) is 28.7 Å². The summed E-state index contributed by atoms with van der Waals surface area (Å²) in [5.74, 6) is -0.229. The van der Waals surface area contributed by atoms with E-state index in [1.165, 1.54) is 25.2 Å². The molecule has 3 aromatic carbocycles. The Kier molecular flexibility index (Phi) is 5.60. The fraction of sp³-hybridized carbons (Fsp3) is 0.231. The van der Waals surface area contributed by atoms with Gasteiger partial charge in [-0.3, -0.25) is 14.5 Å². The molecule has 3 aromatic rings. The third-order valence-corrected chi connectivity index (χ3v) is 6.29. The quantitative estimate of drug-likeness (QED) is 0.568. The molecule has 0 radical (unpaired) electrons. The second-order valence-corrected chi connectivity index (χ2v) is 8.04. The van der Waals surface area contributed by atoms with Gasteiger partial charge in [0, 0.05) is 11.3 Å². The number of hydrogen-bond donors (Lipinski definition) is 1. The first-order valence-electron chi connectivity index (χ1n) is 10.8. The number of amides is 1. The van der Waals surface area contributed by atoms with Crippen LogP contribution in [-0.2, 0) is 4.79 Å². The SMILES string of the molecule is COc1ccc(N2C(=O)c3cc(OC)c(OC)cc3[C@@H](C(=O)O)[C@H]2c2ccc3c(c2)OCO3)cc1. The van der Waals surface area contributed by atoms with Gasteiger partial charge in [-0.05, 0) is 59.7 Å². The summed E-state index contributed by atoms with van der Waals surface area (Å²) >= 11 is 0. The molecule has 0 aliphatic carbocycles. The molecule has 0 aromatic heterocycles. The molecule has 35 heavy (non-hydrogen) atoms. The fourth-order valence-electron chi connectivity index (χ4n) is 4.64. The number of ether oxygens (including phenoxy) is 5. The molecule has 9 heteroatoms. The minimum absolute atomic E-state index is 0.0762. The Morgan fingerprint density at radius 2 is 1.60 bits per heavy atom. The lowest BCUT2D eigenvalue weighted by Gasteiger charge is -2.41. The normalized spacial score (nSPS) is 18.1. The molecule has 0 saturated heterocycles. The van der Waals surface area contributed by atoms with Crippen LogP contribution in [0.15, 0.2) is 54.6 Å². The number of carboxylic acid groups (broad SMARTS) is 1. The van der Waals surface area contributed by atoms with Gasteiger partial charge in [-0.2, -0.15) is 0 Å². The molecule has 180 valence electrons. The van der Waals surface area contributed by atoms with Crippen LogP contribution < -0.4 is 28.6 Å². The third kappa shape index (κ3) is 3.65. The number of anilines is 1. The average molecular weight is 477 g/mol. The highest BCUT2D eigenvalue weighted by Crippen LogP contribution is 2.49. The smallest absolute Gasteiger partial charge is 0.313 e. The third-order valence-electron chi connectivity index (χ3n) is 6.29. The zero-order valence-electron chi connectivity index (χ0n) is 19.3. The van der Waals surface area contributed by atoms with Crippen molar-refractivity contribution < 1.29 is 38.4 Å². The van der Waals surface area contributed by atoms with Gasteiger partial charge in [0.25, 0.3) is 5.91 Å². The van der Waals surface area contributed by atoms with Crippen molar-refractivity contribution in [3.05, 3.63) is 71.3 Å². The summed E-state index contributed by atoms with van der Waals surface area (Å²) in [5, 5.41) is 10.4. The number of carbonyl (C=O) groups excluding carboxylic acids is 1. The summed E-state index contributed by atoms with van der Waals surface area (Å²) in [6.45, 7) is 0.0762. The fourth-order valence-corrected chi connectivity index (χ4v) is 4.64. The Morgan fingerprint density at radius 3 is 2.26 bits per heavy atom. The molecular weight excluding hydrogens is 454 g/mol. The number of hydrogen-bond acceptors (Lipinski definition) is 7. The van der Waals surface area contributed by atoms with Crippen LogP contribution in [0.4, 0.5) is 5.69 Å². The van der Waals surface area contributed by atoms with Crippen molar-refractivity contribution in [1.29, 1.82) is 0 Å². The van der Waals surface area contributed by atoms with Gasteiger partial charge >= 0.3 is 5.97 Å². The van der Waals surface area contributed by atoms with Gasteiger partial charge < -0.3 is 28.8 Å². The summed E-state index contributed by atoms with van der Waals surface area (Å²) in [5.41, 5.74) is 1.67. The first kappa shape index (κ1) is 22.4. The van der Waals surface area contributed by atoms with E-state index in [1.54, 1.807) is 55.6 Å². The lowest BCUT2D eigenvalue weighted by molar-refractivity contribution is -0.139. The van der Waals surface area contributed by atoms with Gasteiger partial charge in [0.1, 0.15) is 11.7 Å². The highest BCUT2D eigenvalue weighted by Gasteiger charge is 2.46. The van der Waals surface area contributed by atoms with Crippen molar-refractivity contribution in [1.82, 2.24) is 0 Å². The lowest BCUT2D eigenvalue weighted by atomic mass is 9.79. The van der Waals surface area contributed by atoms with Crippen molar-refractivity contribution >= 4 is 17.6 Å². The molecule has 1 N–H and O–H groups in total. The van der Waals surface area contributed by atoms with E-state index >= 15 is 0 Å². The predicted octanol–water partition coefficient (Wildman–Crippen LogP) is 4.01. The number of fused-ring (bicyclic) bond motifs is 2. The molecular formula is C26H23NO8. The maximum Gasteiger partial charge on any atom is 0.313 e. The van der Waals surface area contributed by atoms with Crippen LogP contribution in [0, 0.1) is 0 Å². The van der Waals surface area contributed by atoms with Crippen LogP contribution in [0.3, 0.4) is 0 Å². The average Bonchev–Trinajstić information content (AvgIpc) is 3.35. The summed E-state index contributed by atoms with van der Waals surface area (Å²) in [6.07, 6.45) is 0. The number of carbonyl (C=O) groups is 2. The minimum atomic E-state index is -1.11. The van der Waals surface area contributed by atoms with Crippen molar-refractivity contribution in [3.63, 3.8) is 0 Å². The molecule has 2 atom stereocenters. The van der Waals surface area contributed by atoms with Gasteiger partial charge in [0.15, 0.2) is 23.0 Å². The molecule has 1 amide bonds. The molecule has 2 heterocycles. The number of benzene rings is 3. The van der Waals surface area contributed by atoms with Gasteiger partial charge in [0.05, 0.1) is 27.4 Å². The summed E-state index contributed by atoms with van der Waals surface area (Å²) in [6, 6.07) is 14.3. The van der Waals surface area contributed by atoms with Crippen LogP contribution in [0.2, 0.25) is 0 Å². The second kappa shape index (κ2) is 8.75. The first-order valence-corrected chi connectivity index (χ1v) is 10.8. The van der Waals surface area contributed by atoms with Gasteiger partial charge in [-0.1, -0.05) is 6.07 Å². The summed E-state index contributed by atoms with van der Waals surface area (Å²) in [7, 11) is 4.47. The Labute approximate surface area is 201 Å². The first-order chi connectivity index (χ1) is 17.0. The van der Waals surface area contributed by atoms with Gasteiger partial charge in [0.2, 0.25) is 6.79 Å². The lowest BCUT2D eigenvalue weighted by Crippen LogP contribution is -2.45. The minimum Gasteiger partial charge on any atom is -0.497 e. The van der Waals surface area contributed by atoms with Gasteiger partial charge in [-0.25, -0.2) is 0 Å². The van der Waals surface area contributed by atoms with E-state index in [0.717, 1.165) is 0 Å². The molecule has 9 nitrogen and oxygen atoms in total. The van der Waals surface area contributed by atoms with E-state index in [-0.39, 0.29) is 18.3 Å². The number of nitrogens with zero attached hydrogens (tertiary/aromatic N) is 1. The number of rotatable bonds is 6. The zero-order chi connectivity index (χ0) is 24.7. The van der Waals surface area contributed by atoms with E-state index in [2.05, 4.69) is 0 Å². The number of methoxy groups -OCH3 is 3. The van der Waals surface area contributed by atoms with Crippen molar-refractivity contribution in [2.75, 3.05) is 33.0 Å². The summed E-state index contributed by atoms with van der Waals surface area (Å²) < 4.78 is 27.0. The molecule has 0 unspecified atom stereocenters. The van der Waals surface area contributed by atoms with Crippen molar-refractivity contribution in [2.24, 2.45) is 0 Å². The van der Waals surface area contributed by atoms with E-state index < -0.39 is 17.9 Å². The Bertz CT molecular complexity index is 1300. The largest absolute Gasteiger partial charge is 0.497 e. The molecule has 0 saturated carbocycles.